The fourth-order valence-electron chi connectivity index (χ4n) is 14.4. The second kappa shape index (κ2) is 29.5. The fraction of sp³-hybridized carbons (Fsp3) is 0.136. The van der Waals surface area contributed by atoms with Crippen LogP contribution in [0.1, 0.15) is 62.8 Å². The predicted molar refractivity (Wildman–Crippen MR) is 406 cm³/mol. The van der Waals surface area contributed by atoms with Crippen molar-refractivity contribution in [3.05, 3.63) is 296 Å². The standard InChI is InChI=1S/C28H27N2.C22H17N2.C21H13N2.C17H14N3.4Ir/c1-18-9-8-10-19(2)26(18)25-17-29-27-22-12-7-6-11-21(22)23-15-20(16-28(3,4)5)13-14-24(23)30(25)27;1-14(2)15-11-12-19-21(13-15)24-20-10-6-5-8-17(20)16-7-3-4-9-18(16)22(24)23-19;1-2-7-15(8-3-1)16-11-6-12-18-17-9-4-5-10-19(17)21-22-13-14-23(21)20(16)18;1-19(2)16-11-20-15-10-6-5-8-13(15)12-7-3-4-9-14(12)17(20)18-16;;;;/h6-11,13-15,17H,16H2,1-5H3;3-8,10-14H,1-2H3;1-9,11-14H;3-8,10-11H,1-2H3;;;;/q4*-1;;;;. The molecule has 0 spiro atoms. The Morgan fingerprint density at radius 3 is 1.64 bits per heavy atom. The number of benzene rings is 11. The molecule has 13 heteroatoms. The van der Waals surface area contributed by atoms with E-state index in [-0.39, 0.29) is 85.8 Å². The first-order valence-electron chi connectivity index (χ1n) is 33.3. The van der Waals surface area contributed by atoms with Crippen LogP contribution < -0.4 is 4.90 Å². The summed E-state index contributed by atoms with van der Waals surface area (Å²) < 4.78 is 8.94. The van der Waals surface area contributed by atoms with Gasteiger partial charge in [-0.25, -0.2) is 0 Å². The summed E-state index contributed by atoms with van der Waals surface area (Å²) in [5.41, 5.74) is 21.2. The summed E-state index contributed by atoms with van der Waals surface area (Å²) in [6.45, 7) is 15.7. The number of aromatic nitrogens is 8. The molecule has 508 valence electrons. The third kappa shape index (κ3) is 13.0. The molecule has 9 nitrogen and oxygen atoms in total. The summed E-state index contributed by atoms with van der Waals surface area (Å²) in [4.78, 5) is 21.1. The number of hydrogen-bond acceptors (Lipinski definition) is 5. The largest absolute Gasteiger partial charge is 0.362 e. The molecule has 19 rings (SSSR count). The molecule has 19 aromatic rings. The summed E-state index contributed by atoms with van der Waals surface area (Å²) in [5, 5.41) is 14.1. The monoisotopic (exact) mass is 2030 g/mol. The number of hydrogen-bond donors (Lipinski definition) is 0. The van der Waals surface area contributed by atoms with Gasteiger partial charge in [0.1, 0.15) is 5.82 Å². The maximum absolute atomic E-state index is 4.93. The van der Waals surface area contributed by atoms with Crippen LogP contribution in [-0.4, -0.2) is 51.6 Å². The summed E-state index contributed by atoms with van der Waals surface area (Å²) in [6, 6.07) is 92.2. The van der Waals surface area contributed by atoms with E-state index in [0.29, 0.717) is 5.92 Å². The molecule has 101 heavy (non-hydrogen) atoms. The minimum atomic E-state index is 0. The molecule has 4 radical (unpaired) electrons. The van der Waals surface area contributed by atoms with E-state index in [2.05, 4.69) is 277 Å². The Hall–Kier alpha value is -9.08. The molecule has 0 fully saturated rings. The van der Waals surface area contributed by atoms with Crippen LogP contribution in [0.4, 0.5) is 5.82 Å². The smallest absolute Gasteiger partial charge is 0.136 e. The normalized spacial score (nSPS) is 11.4. The van der Waals surface area contributed by atoms with Crippen LogP contribution in [0.5, 0.6) is 0 Å². The van der Waals surface area contributed by atoms with Gasteiger partial charge in [-0.1, -0.05) is 177 Å². The van der Waals surface area contributed by atoms with Gasteiger partial charge < -0.3 is 22.5 Å². The third-order valence-corrected chi connectivity index (χ3v) is 18.8. The van der Waals surface area contributed by atoms with Crippen molar-refractivity contribution in [2.75, 3.05) is 19.0 Å². The van der Waals surface area contributed by atoms with Crippen molar-refractivity contribution < 1.29 is 80.4 Å². The fourth-order valence-corrected chi connectivity index (χ4v) is 14.4. The van der Waals surface area contributed by atoms with Crippen molar-refractivity contribution in [3.63, 3.8) is 0 Å². The molecule has 0 aliphatic carbocycles. The van der Waals surface area contributed by atoms with Gasteiger partial charge in [-0.05, 0) is 111 Å². The molecule has 0 saturated carbocycles. The molecule has 0 N–H and O–H groups in total. The summed E-state index contributed by atoms with van der Waals surface area (Å²) in [6.07, 6.45) is 9.04. The van der Waals surface area contributed by atoms with Crippen LogP contribution in [0.15, 0.2) is 249 Å². The molecule has 8 aromatic heterocycles. The molecule has 0 atom stereocenters. The van der Waals surface area contributed by atoms with Gasteiger partial charge in [-0.15, -0.1) is 119 Å². The number of aryl methyl sites for hydroxylation is 2. The Bertz CT molecular complexity index is 6190. The first kappa shape index (κ1) is 71.7. The van der Waals surface area contributed by atoms with E-state index in [1.165, 1.54) is 110 Å². The molecule has 0 bridgehead atoms. The molecule has 0 aliphatic heterocycles. The van der Waals surface area contributed by atoms with Crippen molar-refractivity contribution >= 4 is 126 Å². The molecule has 8 heterocycles. The maximum Gasteiger partial charge on any atom is 0.136 e. The zero-order valence-electron chi connectivity index (χ0n) is 57.3. The summed E-state index contributed by atoms with van der Waals surface area (Å²) in [7, 11) is 4.02. The van der Waals surface area contributed by atoms with Crippen LogP contribution >= 0.6 is 0 Å². The zero-order chi connectivity index (χ0) is 66.2. The van der Waals surface area contributed by atoms with Gasteiger partial charge in [-0.2, -0.15) is 0 Å². The van der Waals surface area contributed by atoms with E-state index in [0.717, 1.165) is 67.6 Å². The van der Waals surface area contributed by atoms with Gasteiger partial charge in [0, 0.05) is 152 Å². The van der Waals surface area contributed by atoms with Crippen LogP contribution in [0, 0.1) is 43.5 Å². The molecular weight excluding hydrogens is 1950 g/mol. The average Bonchev–Trinajstić information content (AvgIpc) is 1.61. The Balaban J connectivity index is 0.000000127. The SMILES string of the molecule is CC(C)c1ccc2nc3c4[c-]cccc4c4ccccc4n3c2c1.CN(C)c1cn2c3ccccc3c3ccc[c-]c3c2n1.Cc1cccc(C)c1-c1cnc2c3[c-]cccc3c3cc(CC(C)(C)C)ccc3n12.[Ir].[Ir].[Ir].[Ir].[c-]1cccc2c1c1nccn1c1c(-c3ccccc3)cccc21. The minimum Gasteiger partial charge on any atom is -0.362 e. The number of para-hydroxylation sites is 3. The van der Waals surface area contributed by atoms with Gasteiger partial charge >= 0.3 is 0 Å². The number of imidazole rings is 4. The second-order valence-electron chi connectivity index (χ2n) is 27.1. The second-order valence-corrected chi connectivity index (χ2v) is 27.1. The van der Waals surface area contributed by atoms with Crippen LogP contribution in [0.25, 0.3) is 143 Å². The van der Waals surface area contributed by atoms with E-state index in [1.807, 2.05) is 86.1 Å². The first-order valence-corrected chi connectivity index (χ1v) is 33.3. The van der Waals surface area contributed by atoms with Crippen LogP contribution in [0.2, 0.25) is 0 Å². The van der Waals surface area contributed by atoms with Crippen LogP contribution in [-0.2, 0) is 86.8 Å². The van der Waals surface area contributed by atoms with E-state index < -0.39 is 0 Å². The molecule has 0 amide bonds. The summed E-state index contributed by atoms with van der Waals surface area (Å²) >= 11 is 0. The van der Waals surface area contributed by atoms with Crippen LogP contribution in [0.3, 0.4) is 0 Å². The van der Waals surface area contributed by atoms with Gasteiger partial charge in [-0.3, -0.25) is 19.9 Å². The van der Waals surface area contributed by atoms with Crippen molar-refractivity contribution in [2.24, 2.45) is 5.41 Å². The number of rotatable bonds is 5. The quantitative estimate of drug-likeness (QED) is 0.127. The average molecular weight is 2020 g/mol. The minimum absolute atomic E-state index is 0. The van der Waals surface area contributed by atoms with Gasteiger partial charge in [0.05, 0.1) is 39.3 Å². The Morgan fingerprint density at radius 1 is 0.455 bits per heavy atom. The van der Waals surface area contributed by atoms with E-state index >= 15 is 0 Å². The number of nitrogens with zero attached hydrogens (tertiary/aromatic N) is 9. The Kier molecular flexibility index (Phi) is 20.9. The van der Waals surface area contributed by atoms with E-state index in [4.69, 9.17) is 15.0 Å². The molecule has 0 saturated heterocycles. The van der Waals surface area contributed by atoms with Crippen molar-refractivity contribution in [3.8, 4) is 22.4 Å². The number of pyridine rings is 4. The molecule has 11 aromatic carbocycles. The Labute approximate surface area is 641 Å². The van der Waals surface area contributed by atoms with E-state index in [9.17, 15) is 0 Å². The van der Waals surface area contributed by atoms with Gasteiger partial charge in [0.2, 0.25) is 0 Å². The maximum atomic E-state index is 4.93. The Morgan fingerprint density at radius 2 is 1.00 bits per heavy atom. The zero-order valence-corrected chi connectivity index (χ0v) is 66.9. The topological polar surface area (TPSA) is 72.4 Å². The number of anilines is 1. The molecule has 0 unspecified atom stereocenters. The van der Waals surface area contributed by atoms with Crippen molar-refractivity contribution in [1.29, 1.82) is 0 Å². The summed E-state index contributed by atoms with van der Waals surface area (Å²) in [5.74, 6) is 1.46. The molecule has 0 aliphatic rings. The van der Waals surface area contributed by atoms with Crippen molar-refractivity contribution in [1.82, 2.24) is 37.5 Å². The van der Waals surface area contributed by atoms with Gasteiger partial charge in [0.25, 0.3) is 0 Å². The first-order chi connectivity index (χ1) is 47.3. The van der Waals surface area contributed by atoms with E-state index in [1.54, 1.807) is 0 Å². The third-order valence-electron chi connectivity index (χ3n) is 18.8. The van der Waals surface area contributed by atoms with Gasteiger partial charge in [0.15, 0.2) is 0 Å². The number of fused-ring (bicyclic) bond motifs is 26. The molecular formula is C88H71Ir4N9-4. The van der Waals surface area contributed by atoms with Crippen molar-refractivity contribution in [2.45, 2.75) is 60.8 Å². The predicted octanol–water partition coefficient (Wildman–Crippen LogP) is 21.6.